The highest BCUT2D eigenvalue weighted by molar-refractivity contribution is 5.83. The number of nitrogens with zero attached hydrogens (tertiary/aromatic N) is 6. The fraction of sp³-hybridized carbons (Fsp3) is 0.565. The van der Waals surface area contributed by atoms with Crippen LogP contribution < -0.4 is 15.0 Å². The second kappa shape index (κ2) is 9.11. The molecule has 1 atom stereocenters. The highest BCUT2D eigenvalue weighted by Gasteiger charge is 2.34. The molecule has 0 spiro atoms. The Morgan fingerprint density at radius 3 is 2.42 bits per heavy atom. The van der Waals surface area contributed by atoms with Crippen LogP contribution in [-0.2, 0) is 0 Å². The molecule has 33 heavy (non-hydrogen) atoms. The molecule has 2 aromatic heterocycles. The molecule has 176 valence electrons. The molecule has 1 saturated heterocycles. The topological polar surface area (TPSA) is 101 Å². The molecule has 1 aliphatic heterocycles. The zero-order valence-corrected chi connectivity index (χ0v) is 19.5. The van der Waals surface area contributed by atoms with Crippen molar-refractivity contribution >= 4 is 10.9 Å². The second-order valence-electron chi connectivity index (χ2n) is 9.01. The van der Waals surface area contributed by atoms with Crippen LogP contribution in [0.2, 0.25) is 0 Å². The van der Waals surface area contributed by atoms with Gasteiger partial charge in [0.25, 0.3) is 5.56 Å². The average Bonchev–Trinajstić information content (AvgIpc) is 3.52. The predicted molar refractivity (Wildman–Crippen MR) is 124 cm³/mol. The van der Waals surface area contributed by atoms with Crippen LogP contribution in [0.1, 0.15) is 49.2 Å². The van der Waals surface area contributed by atoms with Gasteiger partial charge in [-0.25, -0.2) is 4.68 Å². The van der Waals surface area contributed by atoms with Gasteiger partial charge < -0.3 is 19.4 Å². The highest BCUT2D eigenvalue weighted by atomic mass is 16.5. The lowest BCUT2D eigenvalue weighted by atomic mass is 10.0. The lowest BCUT2D eigenvalue weighted by Gasteiger charge is -2.37. The van der Waals surface area contributed by atoms with E-state index in [1.54, 1.807) is 20.3 Å². The minimum Gasteiger partial charge on any atom is -0.493 e. The van der Waals surface area contributed by atoms with Crippen LogP contribution in [0.4, 0.5) is 0 Å². The van der Waals surface area contributed by atoms with E-state index < -0.39 is 0 Å². The fourth-order valence-corrected chi connectivity index (χ4v) is 5.12. The molecular formula is C23H31N7O3. The van der Waals surface area contributed by atoms with Gasteiger partial charge in [0.15, 0.2) is 17.3 Å². The molecule has 1 aliphatic carbocycles. The normalized spacial score (nSPS) is 19.2. The summed E-state index contributed by atoms with van der Waals surface area (Å²) in [5.41, 5.74) is 1.21. The Balaban J connectivity index is 1.64. The summed E-state index contributed by atoms with van der Waals surface area (Å²) < 4.78 is 12.9. The Hall–Kier alpha value is -2.98. The molecule has 0 amide bonds. The predicted octanol–water partition coefficient (Wildman–Crippen LogP) is 1.98. The molecule has 1 N–H and O–H groups in total. The van der Waals surface area contributed by atoms with Gasteiger partial charge in [0.1, 0.15) is 6.04 Å². The van der Waals surface area contributed by atoms with Crippen molar-refractivity contribution in [2.24, 2.45) is 0 Å². The molecule has 1 saturated carbocycles. The van der Waals surface area contributed by atoms with E-state index in [-0.39, 0.29) is 17.6 Å². The van der Waals surface area contributed by atoms with Gasteiger partial charge in [-0.15, -0.1) is 5.10 Å². The number of H-pyrrole nitrogens is 1. The van der Waals surface area contributed by atoms with Gasteiger partial charge in [0, 0.05) is 43.2 Å². The number of fused-ring (bicyclic) bond motifs is 1. The van der Waals surface area contributed by atoms with Crippen molar-refractivity contribution in [1.82, 2.24) is 35.0 Å². The van der Waals surface area contributed by atoms with E-state index in [9.17, 15) is 4.79 Å². The number of pyridine rings is 1. The number of hydrogen-bond donors (Lipinski definition) is 1. The number of aromatic nitrogens is 5. The van der Waals surface area contributed by atoms with Crippen molar-refractivity contribution in [2.75, 3.05) is 47.4 Å². The van der Waals surface area contributed by atoms with Gasteiger partial charge in [-0.05, 0) is 42.4 Å². The minimum absolute atomic E-state index is 0.139. The van der Waals surface area contributed by atoms with E-state index in [1.807, 2.05) is 16.8 Å². The third-order valence-corrected chi connectivity index (χ3v) is 7.01. The summed E-state index contributed by atoms with van der Waals surface area (Å²) in [5, 5.41) is 13.7. The molecule has 10 heteroatoms. The third-order valence-electron chi connectivity index (χ3n) is 7.01. The van der Waals surface area contributed by atoms with E-state index in [0.717, 1.165) is 50.2 Å². The van der Waals surface area contributed by atoms with Crippen molar-refractivity contribution in [1.29, 1.82) is 0 Å². The molecule has 3 heterocycles. The number of methoxy groups -OCH3 is 2. The SMILES string of the molecule is COc1cc2cc(C(c3nnnn3C3CCCC3)N3CCN(C)CC3)c(=O)[nH]c2cc1OC. The minimum atomic E-state index is -0.324. The van der Waals surface area contributed by atoms with Gasteiger partial charge in [-0.2, -0.15) is 0 Å². The molecule has 1 unspecified atom stereocenters. The lowest BCUT2D eigenvalue weighted by Crippen LogP contribution is -2.47. The molecule has 10 nitrogen and oxygen atoms in total. The molecule has 2 aliphatic rings. The highest BCUT2D eigenvalue weighted by Crippen LogP contribution is 2.35. The van der Waals surface area contributed by atoms with Crippen LogP contribution in [0.5, 0.6) is 11.5 Å². The smallest absolute Gasteiger partial charge is 0.253 e. The Morgan fingerprint density at radius 2 is 1.73 bits per heavy atom. The molecule has 0 bridgehead atoms. The third kappa shape index (κ3) is 4.08. The van der Waals surface area contributed by atoms with Gasteiger partial charge in [-0.1, -0.05) is 12.8 Å². The van der Waals surface area contributed by atoms with E-state index in [2.05, 4.69) is 37.4 Å². The van der Waals surface area contributed by atoms with Gasteiger partial charge >= 0.3 is 0 Å². The van der Waals surface area contributed by atoms with Crippen molar-refractivity contribution < 1.29 is 9.47 Å². The van der Waals surface area contributed by atoms with Crippen LogP contribution in [0.15, 0.2) is 23.0 Å². The number of tetrazole rings is 1. The summed E-state index contributed by atoms with van der Waals surface area (Å²) in [6.07, 6.45) is 4.50. The van der Waals surface area contributed by atoms with Crippen LogP contribution in [0.25, 0.3) is 10.9 Å². The van der Waals surface area contributed by atoms with Gasteiger partial charge in [0.2, 0.25) is 0 Å². The standard InChI is InChI=1S/C23H31N7O3/c1-28-8-10-29(11-9-28)21(22-25-26-27-30(22)16-6-4-5-7-16)17-12-15-13-19(32-2)20(33-3)14-18(15)24-23(17)31/h12-14,16,21H,4-11H2,1-3H3,(H,24,31). The van der Waals surface area contributed by atoms with E-state index in [4.69, 9.17) is 9.47 Å². The molecule has 2 fully saturated rings. The first kappa shape index (κ1) is 21.8. The number of likely N-dealkylation sites (N-methyl/N-ethyl adjacent to an activating group) is 1. The number of aromatic amines is 1. The number of benzene rings is 1. The van der Waals surface area contributed by atoms with Gasteiger partial charge in [0.05, 0.1) is 25.8 Å². The maximum absolute atomic E-state index is 13.4. The van der Waals surface area contributed by atoms with Crippen molar-refractivity contribution in [2.45, 2.75) is 37.8 Å². The zero-order valence-electron chi connectivity index (χ0n) is 19.5. The van der Waals surface area contributed by atoms with Crippen molar-refractivity contribution in [3.63, 3.8) is 0 Å². The summed E-state index contributed by atoms with van der Waals surface area (Å²) in [6, 6.07) is 5.61. The zero-order chi connectivity index (χ0) is 22.9. The maximum Gasteiger partial charge on any atom is 0.253 e. The van der Waals surface area contributed by atoms with Crippen molar-refractivity contribution in [3.05, 3.63) is 39.9 Å². The van der Waals surface area contributed by atoms with E-state index in [0.29, 0.717) is 22.6 Å². The Bertz CT molecular complexity index is 1180. The lowest BCUT2D eigenvalue weighted by molar-refractivity contribution is 0.120. The molecule has 0 radical (unpaired) electrons. The number of nitrogens with one attached hydrogen (secondary N) is 1. The number of ether oxygens (including phenoxy) is 2. The van der Waals surface area contributed by atoms with Gasteiger partial charge in [-0.3, -0.25) is 9.69 Å². The first-order valence-electron chi connectivity index (χ1n) is 11.6. The van der Waals surface area contributed by atoms with Crippen LogP contribution in [0, 0.1) is 0 Å². The van der Waals surface area contributed by atoms with Crippen LogP contribution >= 0.6 is 0 Å². The Kier molecular flexibility index (Phi) is 6.03. The number of hydrogen-bond acceptors (Lipinski definition) is 8. The molecular weight excluding hydrogens is 422 g/mol. The summed E-state index contributed by atoms with van der Waals surface area (Å²) >= 11 is 0. The molecule has 1 aromatic carbocycles. The fourth-order valence-electron chi connectivity index (χ4n) is 5.12. The van der Waals surface area contributed by atoms with E-state index in [1.165, 1.54) is 12.8 Å². The second-order valence-corrected chi connectivity index (χ2v) is 9.01. The quantitative estimate of drug-likeness (QED) is 0.605. The van der Waals surface area contributed by atoms with Crippen LogP contribution in [-0.4, -0.2) is 82.4 Å². The summed E-state index contributed by atoms with van der Waals surface area (Å²) in [7, 11) is 5.32. The first-order valence-corrected chi connectivity index (χ1v) is 11.6. The largest absolute Gasteiger partial charge is 0.493 e. The first-order chi connectivity index (χ1) is 16.1. The number of piperazine rings is 1. The molecule has 3 aromatic rings. The van der Waals surface area contributed by atoms with Crippen LogP contribution in [0.3, 0.4) is 0 Å². The van der Waals surface area contributed by atoms with E-state index >= 15 is 0 Å². The summed E-state index contributed by atoms with van der Waals surface area (Å²) in [6.45, 7) is 3.53. The van der Waals surface area contributed by atoms with Crippen molar-refractivity contribution in [3.8, 4) is 11.5 Å². The summed E-state index contributed by atoms with van der Waals surface area (Å²) in [4.78, 5) is 21.1. The average molecular weight is 454 g/mol. The Morgan fingerprint density at radius 1 is 1.03 bits per heavy atom. The number of rotatable bonds is 6. The molecule has 5 rings (SSSR count). The maximum atomic E-state index is 13.4. The summed E-state index contributed by atoms with van der Waals surface area (Å²) in [5.74, 6) is 1.95. The Labute approximate surface area is 192 Å². The monoisotopic (exact) mass is 453 g/mol.